The average molecular weight is 161 g/mol. The first kappa shape index (κ1) is 7.03. The van der Waals surface area contributed by atoms with Crippen LogP contribution < -0.4 is 5.32 Å². The number of nitrogens with one attached hydrogen (secondary N) is 1. The van der Waals surface area contributed by atoms with Gasteiger partial charge in [-0.15, -0.1) is 0 Å². The molecule has 0 bridgehead atoms. The molecule has 12 heavy (non-hydrogen) atoms. The lowest BCUT2D eigenvalue weighted by Gasteiger charge is -1.97. The minimum absolute atomic E-state index is 0.138. The predicted molar refractivity (Wildman–Crippen MR) is 44.2 cm³/mol. The Morgan fingerprint density at radius 3 is 2.75 bits per heavy atom. The second-order valence-corrected chi connectivity index (χ2v) is 2.67. The highest BCUT2D eigenvalue weighted by Gasteiger charge is 2.28. The number of carbonyl (C=O) groups is 2. The zero-order valence-corrected chi connectivity index (χ0v) is 6.28. The molecular formula is C9H7NO2. The molecule has 3 heteroatoms. The third-order valence-electron chi connectivity index (χ3n) is 1.92. The van der Waals surface area contributed by atoms with Crippen LogP contribution in [0, 0.1) is 0 Å². The van der Waals surface area contributed by atoms with E-state index in [0.29, 0.717) is 11.8 Å². The molecule has 0 spiro atoms. The Labute approximate surface area is 69.4 Å². The molecule has 1 atom stereocenters. The highest BCUT2D eigenvalue weighted by molar-refractivity contribution is 6.17. The average Bonchev–Trinajstić information content (AvgIpc) is 2.44. The number of aldehydes is 1. The van der Waals surface area contributed by atoms with Crippen molar-refractivity contribution in [3.05, 3.63) is 29.8 Å². The van der Waals surface area contributed by atoms with Crippen LogP contribution in [0.25, 0.3) is 0 Å². The Balaban J connectivity index is 2.49. The van der Waals surface area contributed by atoms with E-state index in [1.807, 2.05) is 6.07 Å². The van der Waals surface area contributed by atoms with Crippen molar-refractivity contribution in [2.75, 3.05) is 5.32 Å². The fraction of sp³-hybridized carbons (Fsp3) is 0.111. The second-order valence-electron chi connectivity index (χ2n) is 2.67. The fourth-order valence-corrected chi connectivity index (χ4v) is 1.32. The molecule has 0 fully saturated rings. The van der Waals surface area contributed by atoms with Gasteiger partial charge in [0.15, 0.2) is 5.78 Å². The van der Waals surface area contributed by atoms with E-state index in [1.54, 1.807) is 18.2 Å². The molecular weight excluding hydrogens is 154 g/mol. The van der Waals surface area contributed by atoms with Crippen LogP contribution in [0.5, 0.6) is 0 Å². The van der Waals surface area contributed by atoms with Crippen LogP contribution in [-0.4, -0.2) is 18.1 Å². The normalized spacial score (nSPS) is 20.0. The van der Waals surface area contributed by atoms with Gasteiger partial charge < -0.3 is 10.1 Å². The van der Waals surface area contributed by atoms with Gasteiger partial charge in [-0.25, -0.2) is 0 Å². The van der Waals surface area contributed by atoms with E-state index in [-0.39, 0.29) is 5.78 Å². The summed E-state index contributed by atoms with van der Waals surface area (Å²) in [5, 5.41) is 2.82. The molecule has 1 aliphatic rings. The summed E-state index contributed by atoms with van der Waals surface area (Å²) in [6.07, 6.45) is 0.627. The molecule has 1 N–H and O–H groups in total. The van der Waals surface area contributed by atoms with E-state index in [4.69, 9.17) is 0 Å². The maximum absolute atomic E-state index is 11.3. The van der Waals surface area contributed by atoms with Crippen molar-refractivity contribution in [1.82, 2.24) is 0 Å². The van der Waals surface area contributed by atoms with E-state index in [1.165, 1.54) is 0 Å². The Kier molecular flexibility index (Phi) is 1.43. The zero-order valence-electron chi connectivity index (χ0n) is 6.28. The van der Waals surface area contributed by atoms with E-state index in [0.717, 1.165) is 5.69 Å². The molecule has 0 aliphatic carbocycles. The molecule has 1 aliphatic heterocycles. The van der Waals surface area contributed by atoms with Gasteiger partial charge >= 0.3 is 0 Å². The maximum atomic E-state index is 11.3. The van der Waals surface area contributed by atoms with Crippen molar-refractivity contribution >= 4 is 17.8 Å². The van der Waals surface area contributed by atoms with Crippen LogP contribution in [0.2, 0.25) is 0 Å². The second kappa shape index (κ2) is 2.44. The van der Waals surface area contributed by atoms with Gasteiger partial charge in [-0.05, 0) is 12.1 Å². The molecule has 1 aromatic carbocycles. The monoisotopic (exact) mass is 161 g/mol. The molecule has 1 heterocycles. The summed E-state index contributed by atoms with van der Waals surface area (Å²) in [5.41, 5.74) is 1.36. The first-order chi connectivity index (χ1) is 5.83. The Bertz CT molecular complexity index is 346. The largest absolute Gasteiger partial charge is 0.369 e. The van der Waals surface area contributed by atoms with Crippen LogP contribution in [-0.2, 0) is 4.79 Å². The summed E-state index contributed by atoms with van der Waals surface area (Å²) in [6.45, 7) is 0. The van der Waals surface area contributed by atoms with Crippen LogP contribution in [0.15, 0.2) is 24.3 Å². The number of benzene rings is 1. The lowest BCUT2D eigenvalue weighted by atomic mass is 10.1. The highest BCUT2D eigenvalue weighted by Crippen LogP contribution is 2.23. The van der Waals surface area contributed by atoms with Gasteiger partial charge in [-0.3, -0.25) is 4.79 Å². The maximum Gasteiger partial charge on any atom is 0.194 e. The molecule has 1 aromatic rings. The quantitative estimate of drug-likeness (QED) is 0.491. The number of Topliss-reactive ketones (excluding diaryl/α,β-unsaturated/α-hetero) is 1. The minimum atomic E-state index is -0.678. The van der Waals surface area contributed by atoms with Gasteiger partial charge in [0.1, 0.15) is 12.3 Å². The smallest absolute Gasteiger partial charge is 0.194 e. The van der Waals surface area contributed by atoms with Crippen molar-refractivity contribution < 1.29 is 9.59 Å². The molecule has 3 nitrogen and oxygen atoms in total. The topological polar surface area (TPSA) is 46.2 Å². The first-order valence-electron chi connectivity index (χ1n) is 3.68. The standard InChI is InChI=1S/C9H7NO2/c11-5-8-9(12)6-3-1-2-4-7(6)10-8/h1-5,8,10H. The molecule has 2 rings (SSSR count). The summed E-state index contributed by atoms with van der Waals surface area (Å²) < 4.78 is 0. The van der Waals surface area contributed by atoms with Gasteiger partial charge in [0.05, 0.1) is 0 Å². The number of hydrogen-bond donors (Lipinski definition) is 1. The summed E-state index contributed by atoms with van der Waals surface area (Å²) in [7, 11) is 0. The number of ketones is 1. The zero-order chi connectivity index (χ0) is 8.55. The Morgan fingerprint density at radius 1 is 1.33 bits per heavy atom. The van der Waals surface area contributed by atoms with E-state index in [9.17, 15) is 9.59 Å². The van der Waals surface area contributed by atoms with Gasteiger partial charge in [0.25, 0.3) is 0 Å². The number of para-hydroxylation sites is 1. The van der Waals surface area contributed by atoms with E-state index in [2.05, 4.69) is 5.32 Å². The third kappa shape index (κ3) is 0.830. The third-order valence-corrected chi connectivity index (χ3v) is 1.92. The number of anilines is 1. The molecule has 0 radical (unpaired) electrons. The Hall–Kier alpha value is -1.64. The summed E-state index contributed by atoms with van der Waals surface area (Å²) >= 11 is 0. The number of fused-ring (bicyclic) bond motifs is 1. The van der Waals surface area contributed by atoms with Gasteiger partial charge in [-0.2, -0.15) is 0 Å². The summed E-state index contributed by atoms with van der Waals surface area (Å²) in [6, 6.07) is 6.44. The highest BCUT2D eigenvalue weighted by atomic mass is 16.1. The lowest BCUT2D eigenvalue weighted by Crippen LogP contribution is -2.23. The first-order valence-corrected chi connectivity index (χ1v) is 3.68. The minimum Gasteiger partial charge on any atom is -0.369 e. The van der Waals surface area contributed by atoms with E-state index >= 15 is 0 Å². The Morgan fingerprint density at radius 2 is 2.08 bits per heavy atom. The van der Waals surface area contributed by atoms with Gasteiger partial charge in [0.2, 0.25) is 0 Å². The van der Waals surface area contributed by atoms with E-state index < -0.39 is 6.04 Å². The van der Waals surface area contributed by atoms with Crippen LogP contribution in [0.1, 0.15) is 10.4 Å². The van der Waals surface area contributed by atoms with Crippen molar-refractivity contribution in [2.24, 2.45) is 0 Å². The van der Waals surface area contributed by atoms with Crippen molar-refractivity contribution in [3.63, 3.8) is 0 Å². The molecule has 0 amide bonds. The SMILES string of the molecule is O=CC1Nc2ccccc2C1=O. The lowest BCUT2D eigenvalue weighted by molar-refractivity contribution is -0.107. The van der Waals surface area contributed by atoms with Crippen molar-refractivity contribution in [2.45, 2.75) is 6.04 Å². The van der Waals surface area contributed by atoms with Gasteiger partial charge in [0, 0.05) is 11.3 Å². The summed E-state index contributed by atoms with van der Waals surface area (Å²) in [5.74, 6) is -0.138. The number of hydrogen-bond acceptors (Lipinski definition) is 3. The number of rotatable bonds is 1. The molecule has 0 saturated carbocycles. The van der Waals surface area contributed by atoms with Crippen LogP contribution in [0.4, 0.5) is 5.69 Å². The van der Waals surface area contributed by atoms with Crippen LogP contribution >= 0.6 is 0 Å². The molecule has 0 aromatic heterocycles. The number of carbonyl (C=O) groups excluding carboxylic acids is 2. The van der Waals surface area contributed by atoms with Gasteiger partial charge in [-0.1, -0.05) is 12.1 Å². The molecule has 1 unspecified atom stereocenters. The van der Waals surface area contributed by atoms with Crippen LogP contribution in [0.3, 0.4) is 0 Å². The van der Waals surface area contributed by atoms with Crippen molar-refractivity contribution in [1.29, 1.82) is 0 Å². The molecule has 0 saturated heterocycles. The van der Waals surface area contributed by atoms with Crippen molar-refractivity contribution in [3.8, 4) is 0 Å². The fourth-order valence-electron chi connectivity index (χ4n) is 1.32. The predicted octanol–water partition coefficient (Wildman–Crippen LogP) is 0.862. The summed E-state index contributed by atoms with van der Waals surface area (Å²) in [4.78, 5) is 21.7. The molecule has 60 valence electrons.